The fourth-order valence-corrected chi connectivity index (χ4v) is 4.36. The van der Waals surface area contributed by atoms with Crippen LogP contribution >= 0.6 is 23.2 Å². The van der Waals surface area contributed by atoms with Crippen molar-refractivity contribution < 1.29 is 13.2 Å². The number of halogens is 2. The predicted molar refractivity (Wildman–Crippen MR) is 94.8 cm³/mol. The second kappa shape index (κ2) is 7.58. The maximum atomic E-state index is 12.6. The first kappa shape index (κ1) is 19.5. The highest BCUT2D eigenvalue weighted by Gasteiger charge is 2.27. The fraction of sp³-hybridized carbons (Fsp3) is 0.533. The van der Waals surface area contributed by atoms with E-state index in [1.807, 2.05) is 18.9 Å². The summed E-state index contributed by atoms with van der Waals surface area (Å²) in [6.07, 6.45) is 3.10. The number of piperidine rings is 1. The highest BCUT2D eigenvalue weighted by Crippen LogP contribution is 2.31. The Kier molecular flexibility index (Phi) is 6.14. The fourth-order valence-electron chi connectivity index (χ4n) is 2.82. The summed E-state index contributed by atoms with van der Waals surface area (Å²) in [5, 5.41) is 1.81. The van der Waals surface area contributed by atoms with Gasteiger partial charge in [0.15, 0.2) is 0 Å². The van der Waals surface area contributed by atoms with Crippen LogP contribution in [0.1, 0.15) is 43.5 Å². The predicted octanol–water partition coefficient (Wildman–Crippen LogP) is 2.81. The maximum Gasteiger partial charge on any atom is 0.265 e. The summed E-state index contributed by atoms with van der Waals surface area (Å²) in [4.78, 5) is 12.3. The quantitative estimate of drug-likeness (QED) is 0.823. The zero-order valence-electron chi connectivity index (χ0n) is 13.8. The van der Waals surface area contributed by atoms with Crippen molar-refractivity contribution >= 4 is 39.1 Å². The Balaban J connectivity index is 2.33. The van der Waals surface area contributed by atoms with E-state index in [-0.39, 0.29) is 32.6 Å². The number of sulfonamides is 1. The van der Waals surface area contributed by atoms with Crippen LogP contribution in [0.25, 0.3) is 0 Å². The lowest BCUT2D eigenvalue weighted by Crippen LogP contribution is -2.54. The van der Waals surface area contributed by atoms with Crippen molar-refractivity contribution in [1.29, 1.82) is 0 Å². The summed E-state index contributed by atoms with van der Waals surface area (Å²) in [5.41, 5.74) is 3.00. The van der Waals surface area contributed by atoms with Gasteiger partial charge in [0, 0.05) is 17.6 Å². The molecule has 134 valence electrons. The van der Waals surface area contributed by atoms with E-state index >= 15 is 0 Å². The summed E-state index contributed by atoms with van der Waals surface area (Å²) >= 11 is 12.0. The van der Waals surface area contributed by atoms with Gasteiger partial charge in [-0.05, 0) is 45.9 Å². The van der Waals surface area contributed by atoms with Crippen molar-refractivity contribution in [2.24, 2.45) is 0 Å². The third kappa shape index (κ3) is 4.03. The lowest BCUT2D eigenvalue weighted by Gasteiger charge is -2.38. The van der Waals surface area contributed by atoms with Crippen LogP contribution in [0.4, 0.5) is 0 Å². The van der Waals surface area contributed by atoms with Gasteiger partial charge < -0.3 is 0 Å². The topological polar surface area (TPSA) is 78.5 Å². The normalized spacial score (nSPS) is 22.4. The van der Waals surface area contributed by atoms with E-state index in [2.05, 4.69) is 10.1 Å². The summed E-state index contributed by atoms with van der Waals surface area (Å²) < 4.78 is 26.3. The van der Waals surface area contributed by atoms with E-state index in [0.717, 1.165) is 19.3 Å². The zero-order valence-corrected chi connectivity index (χ0v) is 16.1. The number of hydrazine groups is 1. The molecule has 0 saturated carbocycles. The van der Waals surface area contributed by atoms with Gasteiger partial charge in [-0.3, -0.25) is 10.2 Å². The van der Waals surface area contributed by atoms with E-state index in [9.17, 15) is 13.2 Å². The van der Waals surface area contributed by atoms with E-state index < -0.39 is 15.9 Å². The molecule has 2 atom stereocenters. The molecule has 2 N–H and O–H groups in total. The Labute approximate surface area is 152 Å². The molecule has 0 spiro atoms. The molecule has 0 aromatic heterocycles. The largest absolute Gasteiger partial charge is 0.284 e. The third-order valence-corrected chi connectivity index (χ3v) is 6.59. The van der Waals surface area contributed by atoms with E-state index in [0.29, 0.717) is 0 Å². The first-order valence-corrected chi connectivity index (χ1v) is 9.93. The number of rotatable bonds is 4. The van der Waals surface area contributed by atoms with Crippen LogP contribution in [0.3, 0.4) is 0 Å². The van der Waals surface area contributed by atoms with Crippen molar-refractivity contribution in [3.63, 3.8) is 0 Å². The molecule has 1 saturated heterocycles. The SMILES string of the molecule is CNS(=O)(=O)c1cc(C(=O)NN2C(C)CCCC2C)cc(Cl)c1Cl. The minimum atomic E-state index is -3.82. The molecule has 1 aromatic carbocycles. The summed E-state index contributed by atoms with van der Waals surface area (Å²) in [6, 6.07) is 3.02. The zero-order chi connectivity index (χ0) is 18.1. The Morgan fingerprint density at radius 3 is 2.33 bits per heavy atom. The van der Waals surface area contributed by atoms with Crippen molar-refractivity contribution in [1.82, 2.24) is 15.2 Å². The van der Waals surface area contributed by atoms with Crippen LogP contribution < -0.4 is 10.1 Å². The maximum absolute atomic E-state index is 12.6. The van der Waals surface area contributed by atoms with Crippen LogP contribution in [0.2, 0.25) is 10.0 Å². The van der Waals surface area contributed by atoms with Gasteiger partial charge in [-0.15, -0.1) is 0 Å². The molecular formula is C15H21Cl2N3O3S. The number of hydrogen-bond donors (Lipinski definition) is 2. The number of carbonyl (C=O) groups is 1. The van der Waals surface area contributed by atoms with Gasteiger partial charge in [0.25, 0.3) is 5.91 Å². The van der Waals surface area contributed by atoms with Crippen LogP contribution in [-0.4, -0.2) is 38.5 Å². The molecule has 1 amide bonds. The molecule has 1 aromatic rings. The number of amides is 1. The number of carbonyl (C=O) groups excluding carboxylic acids is 1. The van der Waals surface area contributed by atoms with Crippen LogP contribution in [0.5, 0.6) is 0 Å². The minimum Gasteiger partial charge on any atom is -0.284 e. The van der Waals surface area contributed by atoms with Gasteiger partial charge in [0.1, 0.15) is 4.90 Å². The second-order valence-electron chi connectivity index (χ2n) is 5.95. The first-order valence-electron chi connectivity index (χ1n) is 7.69. The highest BCUT2D eigenvalue weighted by molar-refractivity contribution is 7.89. The average Bonchev–Trinajstić information content (AvgIpc) is 2.53. The van der Waals surface area contributed by atoms with Gasteiger partial charge in [-0.1, -0.05) is 29.6 Å². The standard InChI is InChI=1S/C15H21Cl2N3O3S/c1-9-5-4-6-10(2)20(9)19-15(21)11-7-12(16)14(17)13(8-11)24(22,23)18-3/h7-10,18H,4-6H2,1-3H3,(H,19,21). The highest BCUT2D eigenvalue weighted by atomic mass is 35.5. The summed E-state index contributed by atoms with van der Waals surface area (Å²) in [6.45, 7) is 4.09. The molecule has 0 radical (unpaired) electrons. The van der Waals surface area contributed by atoms with E-state index in [1.54, 1.807) is 0 Å². The lowest BCUT2D eigenvalue weighted by atomic mass is 10.00. The molecule has 9 heteroatoms. The van der Waals surface area contributed by atoms with E-state index in [4.69, 9.17) is 23.2 Å². The molecule has 1 aliphatic rings. The van der Waals surface area contributed by atoms with Gasteiger partial charge in [-0.2, -0.15) is 0 Å². The Morgan fingerprint density at radius 2 is 1.79 bits per heavy atom. The van der Waals surface area contributed by atoms with Gasteiger partial charge in [-0.25, -0.2) is 18.1 Å². The number of nitrogens with one attached hydrogen (secondary N) is 2. The summed E-state index contributed by atoms with van der Waals surface area (Å²) in [5.74, 6) is -0.415. The van der Waals surface area contributed by atoms with Crippen LogP contribution in [0.15, 0.2) is 17.0 Å². The van der Waals surface area contributed by atoms with Crippen molar-refractivity contribution in [3.8, 4) is 0 Å². The van der Waals surface area contributed by atoms with E-state index in [1.165, 1.54) is 19.2 Å². The van der Waals surface area contributed by atoms with Crippen molar-refractivity contribution in [2.75, 3.05) is 7.05 Å². The Hall–Kier alpha value is -0.860. The molecule has 1 fully saturated rings. The Bertz CT molecular complexity index is 730. The van der Waals surface area contributed by atoms with Crippen molar-refractivity contribution in [3.05, 3.63) is 27.7 Å². The molecule has 1 heterocycles. The molecule has 24 heavy (non-hydrogen) atoms. The number of benzene rings is 1. The molecule has 6 nitrogen and oxygen atoms in total. The molecule has 0 bridgehead atoms. The first-order chi connectivity index (χ1) is 11.2. The molecule has 1 aliphatic heterocycles. The molecule has 2 unspecified atom stereocenters. The smallest absolute Gasteiger partial charge is 0.265 e. The van der Waals surface area contributed by atoms with Crippen molar-refractivity contribution in [2.45, 2.75) is 50.1 Å². The lowest BCUT2D eigenvalue weighted by molar-refractivity contribution is 0.0369. The van der Waals surface area contributed by atoms with Gasteiger partial charge in [0.2, 0.25) is 10.0 Å². The monoisotopic (exact) mass is 393 g/mol. The Morgan fingerprint density at radius 1 is 1.21 bits per heavy atom. The molecule has 0 aliphatic carbocycles. The van der Waals surface area contributed by atoms with Gasteiger partial charge >= 0.3 is 0 Å². The molecule has 2 rings (SSSR count). The summed E-state index contributed by atoms with van der Waals surface area (Å²) in [7, 11) is -2.55. The minimum absolute atomic E-state index is 0.0119. The molecular weight excluding hydrogens is 373 g/mol. The average molecular weight is 394 g/mol. The third-order valence-electron chi connectivity index (χ3n) is 4.24. The second-order valence-corrected chi connectivity index (χ2v) is 8.60. The number of hydrogen-bond acceptors (Lipinski definition) is 4. The van der Waals surface area contributed by atoms with Gasteiger partial charge in [0.05, 0.1) is 10.0 Å². The number of nitrogens with zero attached hydrogens (tertiary/aromatic N) is 1. The van der Waals surface area contributed by atoms with Crippen LogP contribution in [-0.2, 0) is 10.0 Å². The van der Waals surface area contributed by atoms with Crippen LogP contribution in [0, 0.1) is 0 Å².